The summed E-state index contributed by atoms with van der Waals surface area (Å²) in [5.41, 5.74) is 0.945. The smallest absolute Gasteiger partial charge is 0.390 e. The summed E-state index contributed by atoms with van der Waals surface area (Å²) in [7, 11) is 0. The van der Waals surface area contributed by atoms with Gasteiger partial charge in [0.1, 0.15) is 0 Å². The molecule has 0 saturated heterocycles. The average molecular weight is 476 g/mol. The number of carboxylic acids is 1. The monoisotopic (exact) mass is 475 g/mol. The number of benzene rings is 2. The molecule has 1 amide bonds. The quantitative estimate of drug-likeness (QED) is 0.409. The maximum Gasteiger partial charge on any atom is 0.390 e. The highest BCUT2D eigenvalue weighted by molar-refractivity contribution is 6.33. The minimum Gasteiger partial charge on any atom is -0.481 e. The molecule has 2 N–H and O–H groups in total. The van der Waals surface area contributed by atoms with Crippen molar-refractivity contribution in [2.75, 3.05) is 5.32 Å². The molecular formula is C22H22Cl2F3NO3. The van der Waals surface area contributed by atoms with Crippen molar-refractivity contribution in [2.45, 2.75) is 50.6 Å². The molecule has 0 bridgehead atoms. The lowest BCUT2D eigenvalue weighted by atomic mass is 9.91. The van der Waals surface area contributed by atoms with Crippen LogP contribution in [0.2, 0.25) is 10.0 Å². The van der Waals surface area contributed by atoms with Gasteiger partial charge in [-0.25, -0.2) is 0 Å². The van der Waals surface area contributed by atoms with Gasteiger partial charge in [-0.05, 0) is 47.7 Å². The van der Waals surface area contributed by atoms with Crippen LogP contribution in [0.1, 0.15) is 55.6 Å². The molecule has 0 radical (unpaired) electrons. The Hall–Kier alpha value is -2.25. The van der Waals surface area contributed by atoms with Crippen LogP contribution in [0.3, 0.4) is 0 Å². The van der Waals surface area contributed by atoms with Crippen molar-refractivity contribution in [2.24, 2.45) is 0 Å². The predicted molar refractivity (Wildman–Crippen MR) is 115 cm³/mol. The molecule has 2 atom stereocenters. The van der Waals surface area contributed by atoms with Gasteiger partial charge in [-0.3, -0.25) is 9.59 Å². The van der Waals surface area contributed by atoms with E-state index in [1.165, 1.54) is 36.4 Å². The molecule has 0 aromatic heterocycles. The summed E-state index contributed by atoms with van der Waals surface area (Å²) < 4.78 is 39.4. The lowest BCUT2D eigenvalue weighted by Crippen LogP contribution is -2.26. The van der Waals surface area contributed by atoms with E-state index in [0.717, 1.165) is 6.42 Å². The van der Waals surface area contributed by atoms with Crippen LogP contribution in [0.25, 0.3) is 0 Å². The van der Waals surface area contributed by atoms with Crippen LogP contribution in [0.5, 0.6) is 0 Å². The first-order valence-corrected chi connectivity index (χ1v) is 10.4. The molecule has 0 heterocycles. The topological polar surface area (TPSA) is 66.4 Å². The molecule has 9 heteroatoms. The van der Waals surface area contributed by atoms with Gasteiger partial charge in [0.15, 0.2) is 0 Å². The van der Waals surface area contributed by atoms with Crippen LogP contribution in [0, 0.1) is 0 Å². The third-order valence-electron chi connectivity index (χ3n) is 4.80. The van der Waals surface area contributed by atoms with Gasteiger partial charge in [0, 0.05) is 5.02 Å². The standard InChI is InChI=1S/C22H22Cl2F3NO3/c1-2-3-14(11-20(29)30)15-6-9-18(24)19(10-15)28-21(31)17(12-22(25,26)27)13-4-7-16(23)8-5-13/h4-10,14,17H,2-3,11-12H2,1H3,(H,28,31)(H,29,30)/t14?,17-/m0/s1. The van der Waals surface area contributed by atoms with E-state index in [4.69, 9.17) is 28.3 Å². The Morgan fingerprint density at radius 3 is 2.23 bits per heavy atom. The Morgan fingerprint density at radius 2 is 1.68 bits per heavy atom. The van der Waals surface area contributed by atoms with Crippen molar-refractivity contribution in [1.82, 2.24) is 0 Å². The number of rotatable bonds is 9. The number of anilines is 1. The van der Waals surface area contributed by atoms with Crippen LogP contribution < -0.4 is 5.32 Å². The molecule has 0 aliphatic rings. The maximum absolute atomic E-state index is 13.1. The first-order chi connectivity index (χ1) is 14.5. The number of nitrogens with one attached hydrogen (secondary N) is 1. The molecule has 1 unspecified atom stereocenters. The lowest BCUT2D eigenvalue weighted by Gasteiger charge is -2.21. The number of halogens is 5. The summed E-state index contributed by atoms with van der Waals surface area (Å²) >= 11 is 12.0. The molecule has 0 saturated carbocycles. The summed E-state index contributed by atoms with van der Waals surface area (Å²) in [4.78, 5) is 24.0. The molecule has 0 aliphatic heterocycles. The summed E-state index contributed by atoms with van der Waals surface area (Å²) in [6.07, 6.45) is -4.68. The normalized spacial score (nSPS) is 13.5. The maximum atomic E-state index is 13.1. The Bertz CT molecular complexity index is 917. The number of aliphatic carboxylic acids is 1. The lowest BCUT2D eigenvalue weighted by molar-refractivity contribution is -0.146. The van der Waals surface area contributed by atoms with Crippen molar-refractivity contribution in [3.8, 4) is 0 Å². The fourth-order valence-electron chi connectivity index (χ4n) is 3.35. The van der Waals surface area contributed by atoms with Crippen LogP contribution in [0.15, 0.2) is 42.5 Å². The van der Waals surface area contributed by atoms with Gasteiger partial charge in [0.05, 0.1) is 29.5 Å². The molecular weight excluding hydrogens is 454 g/mol. The summed E-state index contributed by atoms with van der Waals surface area (Å²) in [6.45, 7) is 1.92. The molecule has 2 aromatic carbocycles. The second kappa shape index (κ2) is 10.9. The van der Waals surface area contributed by atoms with Crippen molar-refractivity contribution in [1.29, 1.82) is 0 Å². The number of hydrogen-bond donors (Lipinski definition) is 2. The predicted octanol–water partition coefficient (Wildman–Crippen LogP) is 7.03. The van der Waals surface area contributed by atoms with Gasteiger partial charge in [-0.2, -0.15) is 13.2 Å². The highest BCUT2D eigenvalue weighted by Gasteiger charge is 2.36. The van der Waals surface area contributed by atoms with E-state index in [1.807, 2.05) is 6.92 Å². The Labute approximate surface area is 188 Å². The highest BCUT2D eigenvalue weighted by atomic mass is 35.5. The van der Waals surface area contributed by atoms with Crippen LogP contribution >= 0.6 is 23.2 Å². The molecule has 0 fully saturated rings. The van der Waals surface area contributed by atoms with E-state index in [2.05, 4.69) is 5.32 Å². The van der Waals surface area contributed by atoms with E-state index >= 15 is 0 Å². The van der Waals surface area contributed by atoms with E-state index in [0.29, 0.717) is 17.0 Å². The van der Waals surface area contributed by atoms with E-state index in [-0.39, 0.29) is 28.6 Å². The second-order valence-electron chi connectivity index (χ2n) is 7.24. The molecule has 4 nitrogen and oxygen atoms in total. The van der Waals surface area contributed by atoms with Gasteiger partial charge < -0.3 is 10.4 Å². The van der Waals surface area contributed by atoms with Crippen LogP contribution in [-0.2, 0) is 9.59 Å². The number of carbonyl (C=O) groups is 2. The van der Waals surface area contributed by atoms with Gasteiger partial charge >= 0.3 is 12.1 Å². The molecule has 2 rings (SSSR count). The fraction of sp³-hybridized carbons (Fsp3) is 0.364. The number of carbonyl (C=O) groups excluding carboxylic acids is 1. The largest absolute Gasteiger partial charge is 0.481 e. The summed E-state index contributed by atoms with van der Waals surface area (Å²) in [5.74, 6) is -3.64. The zero-order valence-electron chi connectivity index (χ0n) is 16.7. The number of amides is 1. The van der Waals surface area contributed by atoms with Gasteiger partial charge in [0.2, 0.25) is 5.91 Å². The fourth-order valence-corrected chi connectivity index (χ4v) is 3.64. The minimum atomic E-state index is -4.57. The molecule has 31 heavy (non-hydrogen) atoms. The van der Waals surface area contributed by atoms with E-state index < -0.39 is 30.4 Å². The first kappa shape index (κ1) is 25.0. The van der Waals surface area contributed by atoms with Crippen molar-refractivity contribution >= 4 is 40.8 Å². The highest BCUT2D eigenvalue weighted by Crippen LogP contribution is 2.35. The molecule has 0 spiro atoms. The van der Waals surface area contributed by atoms with Crippen LogP contribution in [0.4, 0.5) is 18.9 Å². The third-order valence-corrected chi connectivity index (χ3v) is 5.38. The van der Waals surface area contributed by atoms with Crippen molar-refractivity contribution in [3.05, 3.63) is 63.6 Å². The summed E-state index contributed by atoms with van der Waals surface area (Å²) in [5, 5.41) is 12.1. The summed E-state index contributed by atoms with van der Waals surface area (Å²) in [6, 6.07) is 10.3. The van der Waals surface area contributed by atoms with Gasteiger partial charge in [-0.15, -0.1) is 0 Å². The Balaban J connectivity index is 2.33. The van der Waals surface area contributed by atoms with E-state index in [1.54, 1.807) is 6.07 Å². The second-order valence-corrected chi connectivity index (χ2v) is 8.08. The zero-order chi connectivity index (χ0) is 23.2. The molecule has 168 valence electrons. The Kier molecular flexibility index (Phi) is 8.77. The average Bonchev–Trinajstić information content (AvgIpc) is 2.67. The van der Waals surface area contributed by atoms with Gasteiger partial charge in [-0.1, -0.05) is 54.7 Å². The number of alkyl halides is 3. The molecule has 0 aliphatic carbocycles. The van der Waals surface area contributed by atoms with E-state index in [9.17, 15) is 22.8 Å². The number of carboxylic acid groups (broad SMARTS) is 1. The van der Waals surface area contributed by atoms with Crippen LogP contribution in [-0.4, -0.2) is 23.2 Å². The Morgan fingerprint density at radius 1 is 1.06 bits per heavy atom. The van der Waals surface area contributed by atoms with Crippen molar-refractivity contribution < 1.29 is 27.9 Å². The number of hydrogen-bond acceptors (Lipinski definition) is 2. The SMILES string of the molecule is CCCC(CC(=O)O)c1ccc(Cl)c(NC(=O)[C@@H](CC(F)(F)F)c2ccc(Cl)cc2)c1. The van der Waals surface area contributed by atoms with Crippen molar-refractivity contribution in [3.63, 3.8) is 0 Å². The molecule has 2 aromatic rings. The minimum absolute atomic E-state index is 0.107. The zero-order valence-corrected chi connectivity index (χ0v) is 18.2. The van der Waals surface area contributed by atoms with Gasteiger partial charge in [0.25, 0.3) is 0 Å². The first-order valence-electron chi connectivity index (χ1n) is 9.64. The third kappa shape index (κ3) is 7.74.